The Morgan fingerprint density at radius 2 is 1.32 bits per heavy atom. The van der Waals surface area contributed by atoms with Crippen molar-refractivity contribution in [2.75, 3.05) is 6.61 Å². The van der Waals surface area contributed by atoms with Crippen LogP contribution in [0, 0.1) is 13.8 Å². The topological polar surface area (TPSA) is 56.3 Å². The molecule has 0 aliphatic carbocycles. The Kier molecular flexibility index (Phi) is 6.78. The van der Waals surface area contributed by atoms with Gasteiger partial charge in [-0.3, -0.25) is 0 Å². The SMILES string of the molecule is CCOC(=O)c1nc(P(=O)(c2cccc(C)c2)c2cccc(C)c2)c2ccccc2c1-c1ccccc1. The van der Waals surface area contributed by atoms with Crippen molar-refractivity contribution in [3.05, 3.63) is 120 Å². The maximum atomic E-state index is 15.5. The van der Waals surface area contributed by atoms with E-state index < -0.39 is 13.1 Å². The van der Waals surface area contributed by atoms with Gasteiger partial charge in [0.15, 0.2) is 12.8 Å². The molecular weight excluding hydrogens is 477 g/mol. The lowest BCUT2D eigenvalue weighted by molar-refractivity contribution is 0.0521. The minimum absolute atomic E-state index is 0.169. The fraction of sp³-hybridized carbons (Fsp3) is 0.125. The van der Waals surface area contributed by atoms with Crippen LogP contribution in [0.3, 0.4) is 0 Å². The number of hydrogen-bond acceptors (Lipinski definition) is 4. The number of pyridine rings is 1. The van der Waals surface area contributed by atoms with E-state index in [4.69, 9.17) is 9.72 Å². The summed E-state index contributed by atoms with van der Waals surface area (Å²) < 4.78 is 21.0. The standard InChI is InChI=1S/C32H28NO3P/c1-4-36-32(34)30-29(24-14-6-5-7-15-24)27-18-8-9-19-28(27)31(33-30)37(35,25-16-10-12-22(2)20-25)26-17-11-13-23(3)21-26/h5-21H,4H2,1-3H3. The molecule has 0 saturated carbocycles. The minimum Gasteiger partial charge on any atom is -0.461 e. The minimum atomic E-state index is -3.49. The lowest BCUT2D eigenvalue weighted by Gasteiger charge is -2.23. The van der Waals surface area contributed by atoms with Crippen LogP contribution in [0.5, 0.6) is 0 Å². The molecule has 0 aliphatic rings. The Labute approximate surface area is 217 Å². The second-order valence-corrected chi connectivity index (χ2v) is 11.8. The number of fused-ring (bicyclic) bond motifs is 1. The number of esters is 1. The fourth-order valence-electron chi connectivity index (χ4n) is 4.77. The predicted molar refractivity (Wildman–Crippen MR) is 152 cm³/mol. The van der Waals surface area contributed by atoms with E-state index >= 15 is 4.57 Å². The van der Waals surface area contributed by atoms with Crippen LogP contribution in [0.2, 0.25) is 0 Å². The molecular formula is C32H28NO3P. The zero-order valence-electron chi connectivity index (χ0n) is 21.1. The predicted octanol–water partition coefficient (Wildman–Crippen LogP) is 6.33. The maximum Gasteiger partial charge on any atom is 0.357 e. The van der Waals surface area contributed by atoms with Crippen LogP contribution in [0.15, 0.2) is 103 Å². The number of rotatable bonds is 6. The summed E-state index contributed by atoms with van der Waals surface area (Å²) in [5, 5.41) is 2.92. The van der Waals surface area contributed by atoms with E-state index in [2.05, 4.69) is 0 Å². The van der Waals surface area contributed by atoms with Crippen molar-refractivity contribution in [1.29, 1.82) is 0 Å². The largest absolute Gasteiger partial charge is 0.461 e. The molecule has 37 heavy (non-hydrogen) atoms. The molecule has 5 rings (SSSR count). The van der Waals surface area contributed by atoms with Gasteiger partial charge in [0.1, 0.15) is 5.44 Å². The van der Waals surface area contributed by atoms with Crippen molar-refractivity contribution in [3.63, 3.8) is 0 Å². The third-order valence-electron chi connectivity index (χ3n) is 6.45. The highest BCUT2D eigenvalue weighted by Gasteiger charge is 2.35. The van der Waals surface area contributed by atoms with Crippen molar-refractivity contribution in [1.82, 2.24) is 4.98 Å². The van der Waals surface area contributed by atoms with Crippen LogP contribution in [0.25, 0.3) is 21.9 Å². The molecule has 0 unspecified atom stereocenters. The summed E-state index contributed by atoms with van der Waals surface area (Å²) in [5.74, 6) is -0.534. The molecule has 4 nitrogen and oxygen atoms in total. The maximum absolute atomic E-state index is 15.5. The summed E-state index contributed by atoms with van der Waals surface area (Å²) in [7, 11) is -3.49. The summed E-state index contributed by atoms with van der Waals surface area (Å²) in [6.45, 7) is 5.95. The number of ether oxygens (including phenoxy) is 1. The van der Waals surface area contributed by atoms with Gasteiger partial charge in [-0.05, 0) is 43.9 Å². The van der Waals surface area contributed by atoms with Gasteiger partial charge in [-0.1, -0.05) is 102 Å². The first-order valence-electron chi connectivity index (χ1n) is 12.3. The Morgan fingerprint density at radius 1 is 0.757 bits per heavy atom. The van der Waals surface area contributed by atoms with E-state index in [1.165, 1.54) is 0 Å². The van der Waals surface area contributed by atoms with E-state index in [1.807, 2.05) is 117 Å². The van der Waals surface area contributed by atoms with Crippen LogP contribution in [-0.4, -0.2) is 17.6 Å². The molecule has 5 heteroatoms. The quantitative estimate of drug-likeness (QED) is 0.200. The van der Waals surface area contributed by atoms with Crippen LogP contribution in [-0.2, 0) is 9.30 Å². The smallest absolute Gasteiger partial charge is 0.357 e. The van der Waals surface area contributed by atoms with Crippen molar-refractivity contribution >= 4 is 39.9 Å². The molecule has 0 bridgehead atoms. The van der Waals surface area contributed by atoms with Gasteiger partial charge in [0, 0.05) is 21.6 Å². The van der Waals surface area contributed by atoms with Crippen LogP contribution >= 0.6 is 7.14 Å². The zero-order chi connectivity index (χ0) is 26.0. The Bertz CT molecular complexity index is 1610. The van der Waals surface area contributed by atoms with Crippen molar-refractivity contribution in [2.45, 2.75) is 20.8 Å². The van der Waals surface area contributed by atoms with Gasteiger partial charge in [-0.25, -0.2) is 9.78 Å². The fourth-order valence-corrected chi connectivity index (χ4v) is 7.70. The Hall–Kier alpha value is -4.01. The second-order valence-electron chi connectivity index (χ2n) is 9.08. The molecule has 0 atom stereocenters. The first-order valence-corrected chi connectivity index (χ1v) is 14.0. The number of hydrogen-bond donors (Lipinski definition) is 0. The van der Waals surface area contributed by atoms with E-state index in [1.54, 1.807) is 6.92 Å². The molecule has 0 spiro atoms. The van der Waals surface area contributed by atoms with Gasteiger partial charge in [0.05, 0.1) is 6.61 Å². The molecule has 0 amide bonds. The normalized spacial score (nSPS) is 11.4. The first-order chi connectivity index (χ1) is 17.9. The Morgan fingerprint density at radius 3 is 1.89 bits per heavy atom. The number of aromatic nitrogens is 1. The highest BCUT2D eigenvalue weighted by atomic mass is 31.2. The molecule has 0 aliphatic heterocycles. The molecule has 0 N–H and O–H groups in total. The third kappa shape index (κ3) is 4.50. The van der Waals surface area contributed by atoms with Crippen LogP contribution in [0.4, 0.5) is 0 Å². The monoisotopic (exact) mass is 505 g/mol. The van der Waals surface area contributed by atoms with Crippen molar-refractivity contribution in [3.8, 4) is 11.1 Å². The van der Waals surface area contributed by atoms with Crippen molar-refractivity contribution < 1.29 is 14.1 Å². The van der Waals surface area contributed by atoms with Gasteiger partial charge in [0.2, 0.25) is 0 Å². The van der Waals surface area contributed by atoms with Gasteiger partial charge in [0.25, 0.3) is 0 Å². The summed E-state index contributed by atoms with van der Waals surface area (Å²) >= 11 is 0. The van der Waals surface area contributed by atoms with E-state index in [0.29, 0.717) is 21.6 Å². The van der Waals surface area contributed by atoms with Crippen LogP contribution < -0.4 is 16.0 Å². The second kappa shape index (κ2) is 10.2. The third-order valence-corrected chi connectivity index (χ3v) is 9.40. The average Bonchev–Trinajstić information content (AvgIpc) is 2.92. The number of benzene rings is 4. The summed E-state index contributed by atoms with van der Waals surface area (Å²) in [5.41, 5.74) is 4.09. The van der Waals surface area contributed by atoms with Gasteiger partial charge in [-0.2, -0.15) is 0 Å². The van der Waals surface area contributed by atoms with E-state index in [0.717, 1.165) is 27.5 Å². The van der Waals surface area contributed by atoms with E-state index in [9.17, 15) is 4.79 Å². The van der Waals surface area contributed by atoms with Gasteiger partial charge < -0.3 is 9.30 Å². The van der Waals surface area contributed by atoms with Gasteiger partial charge >= 0.3 is 5.97 Å². The summed E-state index contributed by atoms with van der Waals surface area (Å²) in [6, 6.07) is 32.9. The van der Waals surface area contributed by atoms with Crippen molar-refractivity contribution in [2.24, 2.45) is 0 Å². The highest BCUT2D eigenvalue weighted by molar-refractivity contribution is 7.85. The average molecular weight is 506 g/mol. The van der Waals surface area contributed by atoms with Gasteiger partial charge in [-0.15, -0.1) is 0 Å². The summed E-state index contributed by atoms with van der Waals surface area (Å²) in [4.78, 5) is 18.3. The molecule has 0 fully saturated rings. The van der Waals surface area contributed by atoms with Crippen LogP contribution in [0.1, 0.15) is 28.5 Å². The lowest BCUT2D eigenvalue weighted by Crippen LogP contribution is -2.30. The molecule has 184 valence electrons. The number of carbonyl (C=O) groups is 1. The molecule has 5 aromatic rings. The summed E-state index contributed by atoms with van der Waals surface area (Å²) in [6.07, 6.45) is 0. The number of carbonyl (C=O) groups excluding carboxylic acids is 1. The zero-order valence-corrected chi connectivity index (χ0v) is 22.0. The molecule has 0 saturated heterocycles. The molecule has 4 aromatic carbocycles. The number of aryl methyl sites for hydroxylation is 2. The van der Waals surface area contributed by atoms with E-state index in [-0.39, 0.29) is 12.3 Å². The molecule has 0 radical (unpaired) electrons. The first kappa shape index (κ1) is 24.7. The lowest BCUT2D eigenvalue weighted by atomic mass is 9.97. The Balaban J connectivity index is 1.95. The molecule has 1 heterocycles. The number of nitrogens with zero attached hydrogens (tertiary/aromatic N) is 1. The molecule has 1 aromatic heterocycles. The highest BCUT2D eigenvalue weighted by Crippen LogP contribution is 2.45.